The molecule has 0 aliphatic heterocycles. The molecule has 2 aromatic heterocycles. The Kier molecular flexibility index (Phi) is 3.32. The van der Waals surface area contributed by atoms with Crippen molar-refractivity contribution in [3.05, 3.63) is 48.3 Å². The monoisotopic (exact) mass is 304 g/mol. The van der Waals surface area contributed by atoms with Gasteiger partial charge in [0, 0.05) is 17.1 Å². The minimum atomic E-state index is -3.87. The molecule has 0 saturated heterocycles. The van der Waals surface area contributed by atoms with Gasteiger partial charge in [-0.15, -0.1) is 0 Å². The van der Waals surface area contributed by atoms with Gasteiger partial charge in [0.25, 0.3) is 10.0 Å². The quantitative estimate of drug-likeness (QED) is 0.672. The van der Waals surface area contributed by atoms with E-state index in [1.54, 1.807) is 24.4 Å². The van der Waals surface area contributed by atoms with E-state index in [0.29, 0.717) is 11.2 Å². The second-order valence-corrected chi connectivity index (χ2v) is 5.99. The van der Waals surface area contributed by atoms with Crippen molar-refractivity contribution in [3.63, 3.8) is 0 Å². The molecule has 3 rings (SSSR count). The molecule has 0 amide bonds. The molecule has 0 radical (unpaired) electrons. The van der Waals surface area contributed by atoms with Gasteiger partial charge in [0.05, 0.1) is 24.0 Å². The van der Waals surface area contributed by atoms with Crippen LogP contribution in [0.25, 0.3) is 10.9 Å². The normalized spacial score (nSPS) is 11.7. The zero-order valence-electron chi connectivity index (χ0n) is 10.8. The summed E-state index contributed by atoms with van der Waals surface area (Å²) in [5.74, 6) is 0. The van der Waals surface area contributed by atoms with Crippen LogP contribution < -0.4 is 4.72 Å². The molecule has 0 atom stereocenters. The summed E-state index contributed by atoms with van der Waals surface area (Å²) in [6, 6.07) is 8.83. The van der Waals surface area contributed by atoms with Crippen LogP contribution in [0, 0.1) is 0 Å². The van der Waals surface area contributed by atoms with Crippen LogP contribution in [0.3, 0.4) is 0 Å². The molecule has 3 N–H and O–H groups in total. The second-order valence-electron chi connectivity index (χ2n) is 4.37. The first-order valence-electron chi connectivity index (χ1n) is 6.11. The number of fused-ring (bicyclic) bond motifs is 1. The lowest BCUT2D eigenvalue weighted by molar-refractivity contribution is 0.278. The lowest BCUT2D eigenvalue weighted by Crippen LogP contribution is -2.15. The van der Waals surface area contributed by atoms with E-state index < -0.39 is 16.6 Å². The largest absolute Gasteiger partial charge is 0.392 e. The van der Waals surface area contributed by atoms with Crippen LogP contribution in [-0.4, -0.2) is 28.7 Å². The molecule has 0 aliphatic carbocycles. The maximum Gasteiger partial charge on any atom is 0.279 e. The van der Waals surface area contributed by atoms with E-state index in [4.69, 9.17) is 5.11 Å². The summed E-state index contributed by atoms with van der Waals surface area (Å²) in [5.41, 5.74) is 1.12. The maximum absolute atomic E-state index is 12.4. The number of aliphatic hydroxyl groups is 1. The number of hydrogen-bond donors (Lipinski definition) is 3. The Morgan fingerprint density at radius 2 is 2.05 bits per heavy atom. The molecule has 2 heterocycles. The number of pyridine rings is 1. The molecule has 3 aromatic rings. The fourth-order valence-corrected chi connectivity index (χ4v) is 3.22. The van der Waals surface area contributed by atoms with Crippen molar-refractivity contribution in [2.45, 2.75) is 11.6 Å². The summed E-state index contributed by atoms with van der Waals surface area (Å²) in [6.45, 7) is -0.416. The van der Waals surface area contributed by atoms with Gasteiger partial charge in [-0.2, -0.15) is 13.5 Å². The van der Waals surface area contributed by atoms with Gasteiger partial charge in [0.15, 0.2) is 5.03 Å². The molecule has 0 unspecified atom stereocenters. The second kappa shape index (κ2) is 5.15. The SMILES string of the molecule is O=S(=O)(Nc1cccc2cccnc12)c1[nH]ncc1CO. The average molecular weight is 304 g/mol. The Hall–Kier alpha value is -2.45. The highest BCUT2D eigenvalue weighted by Crippen LogP contribution is 2.24. The lowest BCUT2D eigenvalue weighted by Gasteiger charge is -2.09. The highest BCUT2D eigenvalue weighted by atomic mass is 32.2. The summed E-state index contributed by atoms with van der Waals surface area (Å²) < 4.78 is 27.2. The molecule has 1 aromatic carbocycles. The van der Waals surface area contributed by atoms with E-state index in [1.165, 1.54) is 6.20 Å². The van der Waals surface area contributed by atoms with Gasteiger partial charge >= 0.3 is 0 Å². The number of nitrogens with zero attached hydrogens (tertiary/aromatic N) is 2. The third kappa shape index (κ3) is 2.46. The predicted molar refractivity (Wildman–Crippen MR) is 77.1 cm³/mol. The van der Waals surface area contributed by atoms with Crippen LogP contribution in [0.1, 0.15) is 5.56 Å². The van der Waals surface area contributed by atoms with Crippen molar-refractivity contribution in [2.75, 3.05) is 4.72 Å². The van der Waals surface area contributed by atoms with Gasteiger partial charge in [-0.1, -0.05) is 18.2 Å². The van der Waals surface area contributed by atoms with E-state index in [1.807, 2.05) is 12.1 Å². The highest BCUT2D eigenvalue weighted by Gasteiger charge is 2.21. The topological polar surface area (TPSA) is 108 Å². The Morgan fingerprint density at radius 3 is 2.86 bits per heavy atom. The van der Waals surface area contributed by atoms with Crippen molar-refractivity contribution in [3.8, 4) is 0 Å². The molecule has 0 bridgehead atoms. The van der Waals surface area contributed by atoms with Crippen molar-refractivity contribution < 1.29 is 13.5 Å². The molecule has 108 valence electrons. The first kappa shape index (κ1) is 13.5. The molecule has 7 nitrogen and oxygen atoms in total. The summed E-state index contributed by atoms with van der Waals surface area (Å²) in [5, 5.41) is 15.8. The molecule has 21 heavy (non-hydrogen) atoms. The standard InChI is InChI=1S/C13H12N4O3S/c18-8-10-7-15-16-13(10)21(19,20)17-11-5-1-3-9-4-2-6-14-12(9)11/h1-7,17-18H,8H2,(H,15,16). The maximum atomic E-state index is 12.4. The van der Waals surface area contributed by atoms with Crippen LogP contribution >= 0.6 is 0 Å². The number of nitrogens with one attached hydrogen (secondary N) is 2. The first-order chi connectivity index (χ1) is 10.1. The Balaban J connectivity index is 2.06. The van der Waals surface area contributed by atoms with Gasteiger partial charge in [0.1, 0.15) is 0 Å². The third-order valence-corrected chi connectivity index (χ3v) is 4.37. The van der Waals surface area contributed by atoms with Crippen LogP contribution in [-0.2, 0) is 16.6 Å². The van der Waals surface area contributed by atoms with Gasteiger partial charge < -0.3 is 5.11 Å². The summed E-state index contributed by atoms with van der Waals surface area (Å²) in [6.07, 6.45) is 2.87. The number of benzene rings is 1. The summed E-state index contributed by atoms with van der Waals surface area (Å²) in [7, 11) is -3.87. The average Bonchev–Trinajstić information content (AvgIpc) is 2.97. The summed E-state index contributed by atoms with van der Waals surface area (Å²) in [4.78, 5) is 4.19. The fourth-order valence-electron chi connectivity index (χ4n) is 2.03. The number of aromatic nitrogens is 3. The van der Waals surface area contributed by atoms with Crippen molar-refractivity contribution >= 4 is 26.6 Å². The number of aliphatic hydroxyl groups excluding tert-OH is 1. The molecular formula is C13H12N4O3S. The number of hydrogen-bond acceptors (Lipinski definition) is 5. The Morgan fingerprint density at radius 1 is 1.24 bits per heavy atom. The fraction of sp³-hybridized carbons (Fsp3) is 0.0769. The Bertz CT molecular complexity index is 884. The number of sulfonamides is 1. The van der Waals surface area contributed by atoms with Crippen LogP contribution in [0.15, 0.2) is 47.8 Å². The lowest BCUT2D eigenvalue weighted by atomic mass is 10.2. The van der Waals surface area contributed by atoms with E-state index in [0.717, 1.165) is 5.39 Å². The molecule has 8 heteroatoms. The van der Waals surface area contributed by atoms with E-state index >= 15 is 0 Å². The van der Waals surface area contributed by atoms with E-state index in [-0.39, 0.29) is 10.6 Å². The van der Waals surface area contributed by atoms with Crippen LogP contribution in [0.2, 0.25) is 0 Å². The highest BCUT2D eigenvalue weighted by molar-refractivity contribution is 7.92. The van der Waals surface area contributed by atoms with Gasteiger partial charge in [-0.3, -0.25) is 14.8 Å². The van der Waals surface area contributed by atoms with Gasteiger partial charge in [0.2, 0.25) is 0 Å². The van der Waals surface area contributed by atoms with E-state index in [2.05, 4.69) is 19.9 Å². The number of H-pyrrole nitrogens is 1. The minimum Gasteiger partial charge on any atom is -0.392 e. The zero-order chi connectivity index (χ0) is 14.9. The van der Waals surface area contributed by atoms with Crippen LogP contribution in [0.5, 0.6) is 0 Å². The van der Waals surface area contributed by atoms with Gasteiger partial charge in [-0.25, -0.2) is 0 Å². The molecule has 0 aliphatic rings. The molecule has 0 saturated carbocycles. The Labute approximate surface area is 120 Å². The summed E-state index contributed by atoms with van der Waals surface area (Å²) >= 11 is 0. The molecule has 0 spiro atoms. The minimum absolute atomic E-state index is 0.155. The van der Waals surface area contributed by atoms with E-state index in [9.17, 15) is 8.42 Å². The van der Waals surface area contributed by atoms with Crippen molar-refractivity contribution in [2.24, 2.45) is 0 Å². The zero-order valence-corrected chi connectivity index (χ0v) is 11.6. The number of para-hydroxylation sites is 1. The number of rotatable bonds is 4. The van der Waals surface area contributed by atoms with Crippen molar-refractivity contribution in [1.29, 1.82) is 0 Å². The third-order valence-electron chi connectivity index (χ3n) is 2.99. The number of aromatic amines is 1. The van der Waals surface area contributed by atoms with Crippen LogP contribution in [0.4, 0.5) is 5.69 Å². The molecule has 0 fully saturated rings. The first-order valence-corrected chi connectivity index (χ1v) is 7.60. The molecular weight excluding hydrogens is 292 g/mol. The smallest absolute Gasteiger partial charge is 0.279 e. The van der Waals surface area contributed by atoms with Crippen molar-refractivity contribution in [1.82, 2.24) is 15.2 Å². The number of anilines is 1. The predicted octanol–water partition coefficient (Wildman–Crippen LogP) is 1.25. The van der Waals surface area contributed by atoms with Gasteiger partial charge in [-0.05, 0) is 12.1 Å².